The Morgan fingerprint density at radius 1 is 1.17 bits per heavy atom. The molecule has 4 nitrogen and oxygen atoms in total. The Balaban J connectivity index is 1.83. The Bertz CT molecular complexity index is 1130. The van der Waals surface area contributed by atoms with E-state index in [4.69, 9.17) is 16.3 Å². The van der Waals surface area contributed by atoms with Gasteiger partial charge in [-0.3, -0.25) is 4.98 Å². The zero-order valence-corrected chi connectivity index (χ0v) is 17.6. The van der Waals surface area contributed by atoms with Gasteiger partial charge in [0.2, 0.25) is 0 Å². The van der Waals surface area contributed by atoms with Crippen molar-refractivity contribution >= 4 is 27.5 Å². The van der Waals surface area contributed by atoms with Crippen molar-refractivity contribution in [2.75, 3.05) is 0 Å². The van der Waals surface area contributed by atoms with Gasteiger partial charge in [0.05, 0.1) is 17.0 Å². The highest BCUT2D eigenvalue weighted by atomic mass is 79.9. The summed E-state index contributed by atoms with van der Waals surface area (Å²) < 4.78 is 7.48. The smallest absolute Gasteiger partial charge is 0.176 e. The van der Waals surface area contributed by atoms with Gasteiger partial charge in [0.1, 0.15) is 11.4 Å². The van der Waals surface area contributed by atoms with Crippen LogP contribution in [-0.4, -0.2) is 10.1 Å². The van der Waals surface area contributed by atoms with Crippen LogP contribution in [0.25, 0.3) is 0 Å². The van der Waals surface area contributed by atoms with E-state index in [2.05, 4.69) is 27.0 Å². The lowest BCUT2D eigenvalue weighted by Crippen LogP contribution is -2.50. The SMILES string of the molecule is N#CC1CC(c2ccccc2)C2(c3ccc(Br)cc3)Oc3cc(Cl)cnc3C12O. The molecular weight excluding hydrogens is 452 g/mol. The van der Waals surface area contributed by atoms with Gasteiger partial charge in [-0.25, -0.2) is 0 Å². The summed E-state index contributed by atoms with van der Waals surface area (Å²) in [7, 11) is 0. The number of nitrogens with zero attached hydrogens (tertiary/aromatic N) is 2. The molecule has 2 heterocycles. The van der Waals surface area contributed by atoms with Crippen molar-refractivity contribution in [3.05, 3.63) is 93.2 Å². The van der Waals surface area contributed by atoms with Crippen molar-refractivity contribution in [3.63, 3.8) is 0 Å². The van der Waals surface area contributed by atoms with E-state index in [0.29, 0.717) is 22.9 Å². The molecule has 1 N–H and O–H groups in total. The van der Waals surface area contributed by atoms with Crippen molar-refractivity contribution in [2.24, 2.45) is 5.92 Å². The molecule has 2 aromatic carbocycles. The van der Waals surface area contributed by atoms with Gasteiger partial charge in [0.15, 0.2) is 11.2 Å². The van der Waals surface area contributed by atoms with Crippen LogP contribution in [0.15, 0.2) is 71.3 Å². The molecule has 4 unspecified atom stereocenters. The summed E-state index contributed by atoms with van der Waals surface area (Å²) in [6.45, 7) is 0. The van der Waals surface area contributed by atoms with Crippen LogP contribution in [0.1, 0.15) is 29.2 Å². The molecule has 1 aliphatic carbocycles. The fraction of sp³-hybridized carbons (Fsp3) is 0.217. The average molecular weight is 468 g/mol. The summed E-state index contributed by atoms with van der Waals surface area (Å²) in [5, 5.41) is 22.6. The predicted molar refractivity (Wildman–Crippen MR) is 112 cm³/mol. The minimum atomic E-state index is -1.60. The second-order valence-corrected chi connectivity index (χ2v) is 8.84. The standard InChI is InChI=1S/C23H16BrClN2O2/c24-17-8-6-15(7-9-17)23-19(14-4-2-1-3-5-14)10-16(12-26)22(23,28)21-20(29-23)11-18(25)13-27-21/h1-9,11,13,16,19,28H,10H2. The summed E-state index contributed by atoms with van der Waals surface area (Å²) >= 11 is 9.64. The first-order valence-electron chi connectivity index (χ1n) is 9.28. The fourth-order valence-corrected chi connectivity index (χ4v) is 5.34. The number of nitriles is 1. The number of ether oxygens (including phenoxy) is 1. The molecule has 0 saturated heterocycles. The maximum atomic E-state index is 12.2. The lowest BCUT2D eigenvalue weighted by Gasteiger charge is -2.40. The molecule has 3 aromatic rings. The number of fused-ring (bicyclic) bond motifs is 3. The lowest BCUT2D eigenvalue weighted by molar-refractivity contribution is -0.120. The zero-order chi connectivity index (χ0) is 20.2. The molecule has 6 heteroatoms. The Kier molecular flexibility index (Phi) is 4.22. The highest BCUT2D eigenvalue weighted by Crippen LogP contribution is 2.68. The van der Waals surface area contributed by atoms with Crippen molar-refractivity contribution in [2.45, 2.75) is 23.5 Å². The second kappa shape index (κ2) is 6.56. The third kappa shape index (κ3) is 2.43. The van der Waals surface area contributed by atoms with Crippen molar-refractivity contribution < 1.29 is 9.84 Å². The molecule has 144 valence electrons. The first-order chi connectivity index (χ1) is 14.0. The topological polar surface area (TPSA) is 66.1 Å². The third-order valence-corrected chi connectivity index (χ3v) is 6.85. The molecule has 29 heavy (non-hydrogen) atoms. The van der Waals surface area contributed by atoms with E-state index in [9.17, 15) is 10.4 Å². The quantitative estimate of drug-likeness (QED) is 0.555. The summed E-state index contributed by atoms with van der Waals surface area (Å²) in [5.41, 5.74) is -0.616. The van der Waals surface area contributed by atoms with Crippen molar-refractivity contribution in [3.8, 4) is 11.8 Å². The highest BCUT2D eigenvalue weighted by Gasteiger charge is 2.73. The largest absolute Gasteiger partial charge is 0.476 e. The number of rotatable bonds is 2. The second-order valence-electron chi connectivity index (χ2n) is 7.49. The maximum Gasteiger partial charge on any atom is 0.176 e. The number of hydrogen-bond donors (Lipinski definition) is 1. The van der Waals surface area contributed by atoms with E-state index in [-0.39, 0.29) is 5.92 Å². The third-order valence-electron chi connectivity index (χ3n) is 6.11. The monoisotopic (exact) mass is 466 g/mol. The van der Waals surface area contributed by atoms with Crippen LogP contribution in [0.5, 0.6) is 5.75 Å². The van der Waals surface area contributed by atoms with E-state index in [1.54, 1.807) is 6.07 Å². The van der Waals surface area contributed by atoms with E-state index in [1.165, 1.54) is 6.20 Å². The van der Waals surface area contributed by atoms with Gasteiger partial charge in [0, 0.05) is 22.7 Å². The van der Waals surface area contributed by atoms with Crippen LogP contribution in [0.4, 0.5) is 0 Å². The first kappa shape index (κ1) is 18.6. The van der Waals surface area contributed by atoms with E-state index in [0.717, 1.165) is 15.6 Å². The van der Waals surface area contributed by atoms with Gasteiger partial charge < -0.3 is 9.84 Å². The summed E-state index contributed by atoms with van der Waals surface area (Å²) in [5.74, 6) is -0.512. The number of pyridine rings is 1. The minimum Gasteiger partial charge on any atom is -0.476 e. The molecule has 1 aromatic heterocycles. The molecule has 5 rings (SSSR count). The molecule has 1 saturated carbocycles. The normalized spacial score (nSPS) is 29.6. The molecule has 1 fully saturated rings. The number of aliphatic hydroxyl groups is 1. The van der Waals surface area contributed by atoms with E-state index >= 15 is 0 Å². The molecule has 0 radical (unpaired) electrons. The molecule has 1 aliphatic heterocycles. The molecule has 0 bridgehead atoms. The van der Waals surface area contributed by atoms with E-state index in [1.807, 2.05) is 54.6 Å². The molecular formula is C23H16BrClN2O2. The van der Waals surface area contributed by atoms with Crippen LogP contribution in [-0.2, 0) is 11.2 Å². The van der Waals surface area contributed by atoms with Gasteiger partial charge >= 0.3 is 0 Å². The van der Waals surface area contributed by atoms with Gasteiger partial charge in [-0.2, -0.15) is 5.26 Å². The Morgan fingerprint density at radius 2 is 1.90 bits per heavy atom. The van der Waals surface area contributed by atoms with Crippen LogP contribution < -0.4 is 4.74 Å². The molecule has 4 atom stereocenters. The Hall–Kier alpha value is -2.39. The Morgan fingerprint density at radius 3 is 2.59 bits per heavy atom. The van der Waals surface area contributed by atoms with Gasteiger partial charge in [-0.05, 0) is 29.7 Å². The number of benzene rings is 2. The van der Waals surface area contributed by atoms with Crippen LogP contribution in [0, 0.1) is 17.2 Å². The molecule has 0 spiro atoms. The predicted octanol–water partition coefficient (Wildman–Crippen LogP) is 5.30. The summed E-state index contributed by atoms with van der Waals surface area (Å²) in [4.78, 5) is 4.42. The maximum absolute atomic E-state index is 12.2. The summed E-state index contributed by atoms with van der Waals surface area (Å²) in [6, 6.07) is 21.6. The van der Waals surface area contributed by atoms with Gasteiger partial charge in [-0.1, -0.05) is 70.0 Å². The average Bonchev–Trinajstić information content (AvgIpc) is 3.13. The van der Waals surface area contributed by atoms with Gasteiger partial charge in [-0.15, -0.1) is 0 Å². The molecule has 2 aliphatic rings. The fourth-order valence-electron chi connectivity index (χ4n) is 4.92. The van der Waals surface area contributed by atoms with Crippen molar-refractivity contribution in [1.82, 2.24) is 4.98 Å². The van der Waals surface area contributed by atoms with Crippen LogP contribution in [0.2, 0.25) is 5.02 Å². The molecule has 0 amide bonds. The van der Waals surface area contributed by atoms with Crippen LogP contribution >= 0.6 is 27.5 Å². The highest BCUT2D eigenvalue weighted by molar-refractivity contribution is 9.10. The zero-order valence-electron chi connectivity index (χ0n) is 15.2. The summed E-state index contributed by atoms with van der Waals surface area (Å²) in [6.07, 6.45) is 1.94. The van der Waals surface area contributed by atoms with E-state index < -0.39 is 17.1 Å². The van der Waals surface area contributed by atoms with Crippen molar-refractivity contribution in [1.29, 1.82) is 5.26 Å². The van der Waals surface area contributed by atoms with Crippen LogP contribution in [0.3, 0.4) is 0 Å². The van der Waals surface area contributed by atoms with Gasteiger partial charge in [0.25, 0.3) is 0 Å². The minimum absolute atomic E-state index is 0.243. The lowest BCUT2D eigenvalue weighted by atomic mass is 9.71. The number of aromatic nitrogens is 1. The number of hydrogen-bond acceptors (Lipinski definition) is 4. The Labute approximate surface area is 181 Å². The first-order valence-corrected chi connectivity index (χ1v) is 10.5. The number of halogens is 2.